The number of halogens is 5. The van der Waals surface area contributed by atoms with E-state index >= 15 is 0 Å². The van der Waals surface area contributed by atoms with Crippen molar-refractivity contribution in [2.24, 2.45) is 0 Å². The van der Waals surface area contributed by atoms with E-state index in [0.29, 0.717) is 19.2 Å². The molecule has 1 atom stereocenters. The van der Waals surface area contributed by atoms with Crippen LogP contribution in [0.5, 0.6) is 0 Å². The molecular weight excluding hydrogens is 312 g/mol. The lowest BCUT2D eigenvalue weighted by Crippen LogP contribution is -2.44. The van der Waals surface area contributed by atoms with Crippen molar-refractivity contribution in [2.45, 2.75) is 6.04 Å². The summed E-state index contributed by atoms with van der Waals surface area (Å²) in [6.07, 6.45) is 1.52. The van der Waals surface area contributed by atoms with Gasteiger partial charge in [0, 0.05) is 37.8 Å². The highest BCUT2D eigenvalue weighted by atomic mass is 35.5. The normalized spacial score (nSPS) is 16.8. The number of nitrogens with zero attached hydrogens (tertiary/aromatic N) is 1. The maximum atomic E-state index is 13.7. The molecule has 1 N–H and O–H groups in total. The van der Waals surface area contributed by atoms with Gasteiger partial charge in [-0.3, -0.25) is 4.90 Å². The average Bonchev–Trinajstić information content (AvgIpc) is 2.37. The Morgan fingerprint density at radius 2 is 1.75 bits per heavy atom. The molecule has 0 bridgehead atoms. The lowest BCUT2D eigenvalue weighted by Gasteiger charge is -2.33. The van der Waals surface area contributed by atoms with Gasteiger partial charge in [0.2, 0.25) is 0 Å². The van der Waals surface area contributed by atoms with Crippen LogP contribution in [-0.2, 0) is 0 Å². The predicted molar refractivity (Wildman–Crippen MR) is 78.2 cm³/mol. The molecule has 1 saturated heterocycles. The molecule has 1 aliphatic heterocycles. The van der Waals surface area contributed by atoms with Crippen LogP contribution in [0.1, 0.15) is 11.6 Å². The molecular formula is C13H17Cl2F3N2. The third kappa shape index (κ3) is 4.12. The van der Waals surface area contributed by atoms with E-state index in [1.54, 1.807) is 0 Å². The molecule has 114 valence electrons. The van der Waals surface area contributed by atoms with Crippen LogP contribution in [-0.4, -0.2) is 31.1 Å². The summed E-state index contributed by atoms with van der Waals surface area (Å²) < 4.78 is 40.2. The fourth-order valence-electron chi connectivity index (χ4n) is 2.22. The van der Waals surface area contributed by atoms with Gasteiger partial charge < -0.3 is 5.32 Å². The molecule has 1 aromatic carbocycles. The lowest BCUT2D eigenvalue weighted by molar-refractivity contribution is 0.199. The van der Waals surface area contributed by atoms with Crippen LogP contribution in [0, 0.1) is 17.5 Å². The monoisotopic (exact) mass is 328 g/mol. The minimum Gasteiger partial charge on any atom is -0.314 e. The van der Waals surface area contributed by atoms with Gasteiger partial charge in [0.25, 0.3) is 0 Å². The van der Waals surface area contributed by atoms with E-state index in [2.05, 4.69) is 11.9 Å². The summed E-state index contributed by atoms with van der Waals surface area (Å²) in [5.41, 5.74) is 0.00407. The first-order valence-electron chi connectivity index (χ1n) is 5.85. The van der Waals surface area contributed by atoms with Crippen LogP contribution in [0.25, 0.3) is 0 Å². The van der Waals surface area contributed by atoms with E-state index in [4.69, 9.17) is 0 Å². The van der Waals surface area contributed by atoms with Gasteiger partial charge in [-0.1, -0.05) is 6.08 Å². The van der Waals surface area contributed by atoms with Crippen molar-refractivity contribution in [1.82, 2.24) is 10.2 Å². The highest BCUT2D eigenvalue weighted by molar-refractivity contribution is 5.85. The lowest BCUT2D eigenvalue weighted by atomic mass is 10.0. The molecule has 0 amide bonds. The fraction of sp³-hybridized carbons (Fsp3) is 0.385. The van der Waals surface area contributed by atoms with E-state index in [1.807, 2.05) is 4.90 Å². The van der Waals surface area contributed by atoms with Crippen LogP contribution >= 0.6 is 24.8 Å². The van der Waals surface area contributed by atoms with Crippen molar-refractivity contribution in [3.8, 4) is 0 Å². The molecule has 7 heteroatoms. The number of piperazine rings is 1. The third-order valence-corrected chi connectivity index (χ3v) is 3.11. The average molecular weight is 329 g/mol. The van der Waals surface area contributed by atoms with E-state index < -0.39 is 23.5 Å². The number of hydrogen-bond acceptors (Lipinski definition) is 2. The Morgan fingerprint density at radius 1 is 1.15 bits per heavy atom. The third-order valence-electron chi connectivity index (χ3n) is 3.11. The van der Waals surface area contributed by atoms with Gasteiger partial charge in [-0.15, -0.1) is 31.4 Å². The Kier molecular flexibility index (Phi) is 8.20. The van der Waals surface area contributed by atoms with E-state index in [0.717, 1.165) is 19.2 Å². The minimum absolute atomic E-state index is 0. The second-order valence-electron chi connectivity index (χ2n) is 4.26. The van der Waals surface area contributed by atoms with Crippen molar-refractivity contribution < 1.29 is 13.2 Å². The second-order valence-corrected chi connectivity index (χ2v) is 4.26. The molecule has 1 fully saturated rings. The molecule has 1 heterocycles. The van der Waals surface area contributed by atoms with Crippen molar-refractivity contribution in [3.05, 3.63) is 47.8 Å². The number of hydrogen-bond donors (Lipinski definition) is 1. The Bertz CT molecular complexity index is 451. The Balaban J connectivity index is 0.00000180. The zero-order valence-electron chi connectivity index (χ0n) is 10.7. The van der Waals surface area contributed by atoms with Crippen LogP contribution in [0.15, 0.2) is 24.8 Å². The first-order valence-corrected chi connectivity index (χ1v) is 5.85. The van der Waals surface area contributed by atoms with Crippen LogP contribution < -0.4 is 5.32 Å². The molecule has 2 rings (SSSR count). The van der Waals surface area contributed by atoms with Gasteiger partial charge in [0.1, 0.15) is 5.82 Å². The van der Waals surface area contributed by atoms with Crippen molar-refractivity contribution in [3.63, 3.8) is 0 Å². The molecule has 0 spiro atoms. The fourth-order valence-corrected chi connectivity index (χ4v) is 2.22. The summed E-state index contributed by atoms with van der Waals surface area (Å²) in [6, 6.07) is 1.08. The molecule has 20 heavy (non-hydrogen) atoms. The maximum Gasteiger partial charge on any atom is 0.164 e. The summed E-state index contributed by atoms with van der Waals surface area (Å²) in [4.78, 5) is 1.95. The van der Waals surface area contributed by atoms with E-state index in [1.165, 1.54) is 6.08 Å². The second kappa shape index (κ2) is 8.52. The minimum atomic E-state index is -1.16. The molecule has 1 aliphatic rings. The smallest absolute Gasteiger partial charge is 0.164 e. The maximum absolute atomic E-state index is 13.7. The zero-order chi connectivity index (χ0) is 13.1. The van der Waals surface area contributed by atoms with Gasteiger partial charge in [-0.05, 0) is 6.07 Å². The Morgan fingerprint density at radius 3 is 2.30 bits per heavy atom. The summed E-state index contributed by atoms with van der Waals surface area (Å²) in [5, 5.41) is 3.16. The van der Waals surface area contributed by atoms with Crippen molar-refractivity contribution in [2.75, 3.05) is 26.2 Å². The summed E-state index contributed by atoms with van der Waals surface area (Å²) in [6.45, 7) is 6.55. The molecule has 1 aromatic rings. The Labute approximate surface area is 128 Å². The summed E-state index contributed by atoms with van der Waals surface area (Å²) >= 11 is 0. The van der Waals surface area contributed by atoms with Crippen LogP contribution in [0.4, 0.5) is 13.2 Å². The van der Waals surface area contributed by atoms with Crippen LogP contribution in [0.2, 0.25) is 0 Å². The quantitative estimate of drug-likeness (QED) is 0.677. The van der Waals surface area contributed by atoms with Gasteiger partial charge in [0.05, 0.1) is 6.04 Å². The Hall–Kier alpha value is -0.750. The van der Waals surface area contributed by atoms with Crippen molar-refractivity contribution in [1.29, 1.82) is 0 Å². The number of nitrogens with one attached hydrogen (secondary N) is 1. The van der Waals surface area contributed by atoms with Crippen LogP contribution in [0.3, 0.4) is 0 Å². The highest BCUT2D eigenvalue weighted by Crippen LogP contribution is 2.27. The largest absolute Gasteiger partial charge is 0.314 e. The summed E-state index contributed by atoms with van der Waals surface area (Å²) in [7, 11) is 0. The molecule has 0 saturated carbocycles. The molecule has 0 unspecified atom stereocenters. The van der Waals surface area contributed by atoms with Gasteiger partial charge in [-0.2, -0.15) is 0 Å². The molecule has 0 aliphatic carbocycles. The standard InChI is InChI=1S/C13H15F3N2.2ClH/c1-2-12(18-5-3-17-4-6-18)10-7-9(14)8-11(15)13(10)16;;/h2,7-8,12,17H,1,3-6H2;2*1H/t12-;;/m0../s1. The molecule has 0 radical (unpaired) electrons. The van der Waals surface area contributed by atoms with Gasteiger partial charge >= 0.3 is 0 Å². The molecule has 2 nitrogen and oxygen atoms in total. The zero-order valence-corrected chi connectivity index (χ0v) is 12.4. The van der Waals surface area contributed by atoms with E-state index in [9.17, 15) is 13.2 Å². The number of benzene rings is 1. The number of rotatable bonds is 3. The highest BCUT2D eigenvalue weighted by Gasteiger charge is 2.24. The molecule has 0 aromatic heterocycles. The predicted octanol–water partition coefficient (Wildman–Crippen LogP) is 3.08. The van der Waals surface area contributed by atoms with E-state index in [-0.39, 0.29) is 30.4 Å². The van der Waals surface area contributed by atoms with Gasteiger partial charge in [-0.25, -0.2) is 13.2 Å². The van der Waals surface area contributed by atoms with Gasteiger partial charge in [0.15, 0.2) is 11.6 Å². The first-order chi connectivity index (χ1) is 8.63. The SMILES string of the molecule is C=C[C@@H](c1cc(F)cc(F)c1F)N1CCNCC1.Cl.Cl. The van der Waals surface area contributed by atoms with Crippen molar-refractivity contribution >= 4 is 24.8 Å². The topological polar surface area (TPSA) is 15.3 Å². The summed E-state index contributed by atoms with van der Waals surface area (Å²) in [5.74, 6) is -2.93. The first kappa shape index (κ1) is 19.2.